The van der Waals surface area contributed by atoms with Gasteiger partial charge in [0.15, 0.2) is 0 Å². The Morgan fingerprint density at radius 3 is 2.50 bits per heavy atom. The number of nitrogens with two attached hydrogens (primary N) is 1. The fourth-order valence-electron chi connectivity index (χ4n) is 3.21. The Morgan fingerprint density at radius 1 is 1.30 bits per heavy atom. The summed E-state index contributed by atoms with van der Waals surface area (Å²) in [5.74, 6) is 0. The number of benzene rings is 1. The second-order valence-electron chi connectivity index (χ2n) is 6.68. The molecule has 0 radical (unpaired) electrons. The van der Waals surface area contributed by atoms with Gasteiger partial charge in [-0.15, -0.1) is 0 Å². The average Bonchev–Trinajstić information content (AvgIpc) is 2.39. The van der Waals surface area contributed by atoms with Crippen LogP contribution in [-0.2, 0) is 11.3 Å². The fraction of sp³-hybridized carbons (Fsp3) is 0.647. The molecule has 0 saturated heterocycles. The summed E-state index contributed by atoms with van der Waals surface area (Å²) in [7, 11) is 2.14. The molecule has 0 amide bonds. The van der Waals surface area contributed by atoms with Crippen molar-refractivity contribution in [3.8, 4) is 0 Å². The van der Waals surface area contributed by atoms with Crippen molar-refractivity contribution in [1.82, 2.24) is 4.90 Å². The molecular weight excluding hydrogens is 248 g/mol. The SMILES string of the molecule is CCOC1CC(N)(CN(C)Cc2ccccc2)C1(C)C. The first-order valence-corrected chi connectivity index (χ1v) is 7.52. The molecule has 1 fully saturated rings. The number of nitrogens with zero attached hydrogens (tertiary/aromatic N) is 1. The summed E-state index contributed by atoms with van der Waals surface area (Å²) in [6.07, 6.45) is 1.25. The summed E-state index contributed by atoms with van der Waals surface area (Å²) in [6, 6.07) is 10.5. The van der Waals surface area contributed by atoms with Crippen LogP contribution in [0.25, 0.3) is 0 Å². The minimum absolute atomic E-state index is 0.0357. The van der Waals surface area contributed by atoms with E-state index in [2.05, 4.69) is 56.1 Å². The molecule has 2 unspecified atom stereocenters. The molecule has 1 aromatic rings. The normalized spacial score (nSPS) is 28.4. The predicted octanol–water partition coefficient (Wildman–Crippen LogP) is 2.65. The van der Waals surface area contributed by atoms with Crippen LogP contribution in [0.15, 0.2) is 30.3 Å². The van der Waals surface area contributed by atoms with E-state index in [4.69, 9.17) is 10.5 Å². The highest BCUT2D eigenvalue weighted by molar-refractivity contribution is 5.17. The number of likely N-dealkylation sites (N-methyl/N-ethyl adjacent to an activating group) is 1. The van der Waals surface area contributed by atoms with Gasteiger partial charge in [-0.05, 0) is 26.0 Å². The summed E-state index contributed by atoms with van der Waals surface area (Å²) < 4.78 is 5.79. The topological polar surface area (TPSA) is 38.5 Å². The molecule has 0 heterocycles. The summed E-state index contributed by atoms with van der Waals surface area (Å²) in [4.78, 5) is 2.32. The molecule has 112 valence electrons. The van der Waals surface area contributed by atoms with E-state index in [1.165, 1.54) is 5.56 Å². The van der Waals surface area contributed by atoms with Crippen molar-refractivity contribution in [2.24, 2.45) is 11.1 Å². The molecule has 3 nitrogen and oxygen atoms in total. The van der Waals surface area contributed by atoms with E-state index in [0.717, 1.165) is 26.1 Å². The molecule has 3 heteroatoms. The van der Waals surface area contributed by atoms with Gasteiger partial charge in [0, 0.05) is 30.7 Å². The van der Waals surface area contributed by atoms with Gasteiger partial charge in [-0.3, -0.25) is 0 Å². The first-order valence-electron chi connectivity index (χ1n) is 7.52. The van der Waals surface area contributed by atoms with Crippen LogP contribution in [0, 0.1) is 5.41 Å². The summed E-state index contributed by atoms with van der Waals surface area (Å²) >= 11 is 0. The van der Waals surface area contributed by atoms with Crippen LogP contribution in [0.2, 0.25) is 0 Å². The average molecular weight is 276 g/mol. The third kappa shape index (κ3) is 2.90. The molecule has 2 rings (SSSR count). The molecule has 1 aliphatic rings. The molecule has 1 aromatic carbocycles. The summed E-state index contributed by atoms with van der Waals surface area (Å²) in [6.45, 7) is 9.12. The van der Waals surface area contributed by atoms with Gasteiger partial charge in [-0.25, -0.2) is 0 Å². The Bertz CT molecular complexity index is 432. The number of hydrogen-bond donors (Lipinski definition) is 1. The first-order chi connectivity index (χ1) is 9.39. The van der Waals surface area contributed by atoms with Gasteiger partial charge in [-0.2, -0.15) is 0 Å². The van der Waals surface area contributed by atoms with Gasteiger partial charge in [0.25, 0.3) is 0 Å². The van der Waals surface area contributed by atoms with Crippen molar-refractivity contribution in [2.45, 2.75) is 45.4 Å². The minimum Gasteiger partial charge on any atom is -0.378 e. The molecule has 0 aliphatic heterocycles. The number of rotatable bonds is 6. The zero-order valence-corrected chi connectivity index (χ0v) is 13.2. The third-order valence-electron chi connectivity index (χ3n) is 4.85. The molecule has 0 aromatic heterocycles. The Balaban J connectivity index is 1.93. The van der Waals surface area contributed by atoms with Crippen LogP contribution in [0.3, 0.4) is 0 Å². The van der Waals surface area contributed by atoms with E-state index < -0.39 is 0 Å². The highest BCUT2D eigenvalue weighted by Gasteiger charge is 2.58. The van der Waals surface area contributed by atoms with Crippen LogP contribution >= 0.6 is 0 Å². The van der Waals surface area contributed by atoms with Crippen molar-refractivity contribution < 1.29 is 4.74 Å². The minimum atomic E-state index is -0.156. The van der Waals surface area contributed by atoms with Crippen LogP contribution in [0.4, 0.5) is 0 Å². The van der Waals surface area contributed by atoms with Crippen molar-refractivity contribution in [2.75, 3.05) is 20.2 Å². The smallest absolute Gasteiger partial charge is 0.0662 e. The highest BCUT2D eigenvalue weighted by atomic mass is 16.5. The van der Waals surface area contributed by atoms with Crippen molar-refractivity contribution in [3.05, 3.63) is 35.9 Å². The van der Waals surface area contributed by atoms with Crippen LogP contribution in [0.1, 0.15) is 32.8 Å². The monoisotopic (exact) mass is 276 g/mol. The molecule has 2 N–H and O–H groups in total. The standard InChI is InChI=1S/C17H28N2O/c1-5-20-15-11-17(18,16(15,2)3)13-19(4)12-14-9-7-6-8-10-14/h6-10,15H,5,11-13,18H2,1-4H3. The predicted molar refractivity (Wildman–Crippen MR) is 83.5 cm³/mol. The Kier molecular flexibility index (Phi) is 4.52. The Hall–Kier alpha value is -0.900. The number of ether oxygens (including phenoxy) is 1. The Morgan fingerprint density at radius 2 is 1.95 bits per heavy atom. The molecular formula is C17H28N2O. The van der Waals surface area contributed by atoms with E-state index in [-0.39, 0.29) is 11.0 Å². The van der Waals surface area contributed by atoms with Gasteiger partial charge < -0.3 is 15.4 Å². The van der Waals surface area contributed by atoms with E-state index in [9.17, 15) is 0 Å². The van der Waals surface area contributed by atoms with Gasteiger partial charge in [0.05, 0.1) is 6.10 Å². The fourth-order valence-corrected chi connectivity index (χ4v) is 3.21. The molecule has 2 atom stereocenters. The van der Waals surface area contributed by atoms with Crippen LogP contribution in [-0.4, -0.2) is 36.7 Å². The molecule has 0 spiro atoms. The van der Waals surface area contributed by atoms with Crippen LogP contribution in [0.5, 0.6) is 0 Å². The zero-order valence-electron chi connectivity index (χ0n) is 13.2. The first kappa shape index (κ1) is 15.5. The van der Waals surface area contributed by atoms with Gasteiger partial charge in [-0.1, -0.05) is 44.2 Å². The Labute approximate surface area is 123 Å². The maximum absolute atomic E-state index is 6.63. The summed E-state index contributed by atoms with van der Waals surface area (Å²) in [5.41, 5.74) is 7.84. The van der Waals surface area contributed by atoms with Crippen molar-refractivity contribution in [3.63, 3.8) is 0 Å². The lowest BCUT2D eigenvalue weighted by Crippen LogP contribution is -2.73. The van der Waals surface area contributed by atoms with E-state index >= 15 is 0 Å². The second-order valence-corrected chi connectivity index (χ2v) is 6.68. The lowest BCUT2D eigenvalue weighted by Gasteiger charge is -2.60. The van der Waals surface area contributed by atoms with Crippen LogP contribution < -0.4 is 5.73 Å². The van der Waals surface area contributed by atoms with E-state index in [0.29, 0.717) is 6.10 Å². The van der Waals surface area contributed by atoms with E-state index in [1.54, 1.807) is 0 Å². The lowest BCUT2D eigenvalue weighted by molar-refractivity contribution is -0.155. The van der Waals surface area contributed by atoms with Gasteiger partial charge in [0.2, 0.25) is 0 Å². The largest absolute Gasteiger partial charge is 0.378 e. The highest BCUT2D eigenvalue weighted by Crippen LogP contribution is 2.50. The van der Waals surface area contributed by atoms with Gasteiger partial charge >= 0.3 is 0 Å². The van der Waals surface area contributed by atoms with Crippen molar-refractivity contribution in [1.29, 1.82) is 0 Å². The van der Waals surface area contributed by atoms with E-state index in [1.807, 2.05) is 6.92 Å². The van der Waals surface area contributed by atoms with Crippen molar-refractivity contribution >= 4 is 0 Å². The zero-order chi connectivity index (χ0) is 14.8. The molecule has 1 saturated carbocycles. The van der Waals surface area contributed by atoms with Gasteiger partial charge in [0.1, 0.15) is 0 Å². The quantitative estimate of drug-likeness (QED) is 0.868. The second kappa shape index (κ2) is 5.84. The molecule has 0 bridgehead atoms. The number of hydrogen-bond acceptors (Lipinski definition) is 3. The maximum Gasteiger partial charge on any atom is 0.0662 e. The lowest BCUT2D eigenvalue weighted by atomic mass is 9.54. The molecule has 1 aliphatic carbocycles. The third-order valence-corrected chi connectivity index (χ3v) is 4.85. The molecule has 20 heavy (non-hydrogen) atoms. The maximum atomic E-state index is 6.63. The summed E-state index contributed by atoms with van der Waals surface area (Å²) in [5, 5.41) is 0.